The average Bonchev–Trinajstić information content (AvgIpc) is 1.54. The van der Waals surface area contributed by atoms with E-state index in [2.05, 4.69) is 0 Å². The van der Waals surface area contributed by atoms with Gasteiger partial charge in [0.2, 0.25) is 0 Å². The first-order valence-corrected chi connectivity index (χ1v) is 1.75. The summed E-state index contributed by atoms with van der Waals surface area (Å²) >= 11 is 0. The molecular weight excluding hydrogens is 231 g/mol. The SMILES string of the molecule is O=[N+](O)O.O=[N+](O)O.O=[N+](O)O.[Sc]. The molecule has 13 heteroatoms. The van der Waals surface area contributed by atoms with Crippen LogP contribution in [0.4, 0.5) is 0 Å². The molecule has 0 spiro atoms. The van der Waals surface area contributed by atoms with Gasteiger partial charge in [0, 0.05) is 25.8 Å². The Hall–Kier alpha value is -1.53. The first kappa shape index (κ1) is 22.5. The van der Waals surface area contributed by atoms with Crippen LogP contribution in [0.25, 0.3) is 0 Å². The Morgan fingerprint density at radius 2 is 0.538 bits per heavy atom. The Morgan fingerprint density at radius 3 is 0.538 bits per heavy atom. The van der Waals surface area contributed by atoms with Crippen LogP contribution < -0.4 is 0 Å². The summed E-state index contributed by atoms with van der Waals surface area (Å²) in [6.45, 7) is 0. The van der Waals surface area contributed by atoms with E-state index in [1.807, 2.05) is 0 Å². The van der Waals surface area contributed by atoms with Crippen LogP contribution in [-0.4, -0.2) is 46.5 Å². The van der Waals surface area contributed by atoms with Crippen molar-refractivity contribution in [3.63, 3.8) is 0 Å². The van der Waals surface area contributed by atoms with Crippen molar-refractivity contribution >= 4 is 0 Å². The molecule has 13 heavy (non-hydrogen) atoms. The number of nitrogens with zero attached hydrogens (tertiary/aromatic N) is 3. The molecule has 0 aliphatic heterocycles. The molecule has 0 aliphatic carbocycles. The largest absolute Gasteiger partial charge is 0.472 e. The number of rotatable bonds is 0. The molecule has 1 radical (unpaired) electrons. The van der Waals surface area contributed by atoms with Gasteiger partial charge in [-0.1, -0.05) is 0 Å². The van der Waals surface area contributed by atoms with Gasteiger partial charge in [0.05, 0.1) is 0 Å². The Kier molecular flexibility index (Phi) is 29.2. The molecule has 0 unspecified atom stereocenters. The van der Waals surface area contributed by atoms with Crippen molar-refractivity contribution in [2.75, 3.05) is 0 Å². The summed E-state index contributed by atoms with van der Waals surface area (Å²) in [5.74, 6) is 0. The average molecular weight is 237 g/mol. The van der Waals surface area contributed by atoms with Crippen molar-refractivity contribution in [3.8, 4) is 0 Å². The fourth-order valence-electron chi connectivity index (χ4n) is 0. The Balaban J connectivity index is -0.0000000450. The minimum Gasteiger partial charge on any atom is -0.201 e. The van der Waals surface area contributed by atoms with Gasteiger partial charge in [-0.05, 0) is 0 Å². The van der Waals surface area contributed by atoms with Crippen LogP contribution >= 0.6 is 0 Å². The monoisotopic (exact) mass is 237 g/mol. The molecule has 0 amide bonds. The summed E-state index contributed by atoms with van der Waals surface area (Å²) in [6.07, 6.45) is 0. The Labute approximate surface area is 87.5 Å². The van der Waals surface area contributed by atoms with E-state index in [4.69, 9.17) is 46.0 Å². The molecule has 0 rings (SSSR count). The van der Waals surface area contributed by atoms with Crippen LogP contribution in [0.2, 0.25) is 0 Å². The van der Waals surface area contributed by atoms with Crippen molar-refractivity contribution < 1.29 is 72.3 Å². The van der Waals surface area contributed by atoms with E-state index in [1.54, 1.807) is 0 Å². The quantitative estimate of drug-likeness (QED) is 0.276. The standard InChI is InChI=1S/3H2NO3.Sc/c3*2-1(3)4;/h3*(H2,2,3,4);/q3*+1;. The van der Waals surface area contributed by atoms with Gasteiger partial charge < -0.3 is 0 Å². The molecule has 0 fully saturated rings. The zero-order valence-corrected chi connectivity index (χ0v) is 7.63. The van der Waals surface area contributed by atoms with Crippen LogP contribution in [0.15, 0.2) is 0 Å². The summed E-state index contributed by atoms with van der Waals surface area (Å²) < 4.78 is 0. The van der Waals surface area contributed by atoms with Gasteiger partial charge in [0.15, 0.2) is 0 Å². The second-order valence-electron chi connectivity index (χ2n) is 0.758. The zero-order chi connectivity index (χ0) is 10.7. The van der Waals surface area contributed by atoms with Crippen LogP contribution in [0, 0.1) is 14.7 Å². The van der Waals surface area contributed by atoms with Gasteiger partial charge in [-0.25, -0.2) is 31.2 Å². The minimum absolute atomic E-state index is 0. The summed E-state index contributed by atoms with van der Waals surface area (Å²) in [4.78, 5) is 25.4. The van der Waals surface area contributed by atoms with Crippen LogP contribution in [0.1, 0.15) is 0 Å². The minimum atomic E-state index is -1.25. The van der Waals surface area contributed by atoms with Crippen molar-refractivity contribution in [1.82, 2.24) is 0 Å². The zero-order valence-electron chi connectivity index (χ0n) is 5.83. The summed E-state index contributed by atoms with van der Waals surface area (Å²) in [6, 6.07) is 0. The van der Waals surface area contributed by atoms with Gasteiger partial charge >= 0.3 is 15.3 Å². The summed E-state index contributed by atoms with van der Waals surface area (Å²) in [5, 5.41) is 37.6. The molecule has 0 bridgehead atoms. The van der Waals surface area contributed by atoms with E-state index >= 15 is 0 Å². The van der Waals surface area contributed by atoms with Crippen LogP contribution in [0.5, 0.6) is 0 Å². The molecule has 0 saturated heterocycles. The van der Waals surface area contributed by atoms with E-state index < -0.39 is 15.3 Å². The van der Waals surface area contributed by atoms with Crippen LogP contribution in [0.3, 0.4) is 0 Å². The van der Waals surface area contributed by atoms with E-state index in [0.29, 0.717) is 0 Å². The molecule has 0 aromatic rings. The molecule has 75 valence electrons. The molecule has 0 aromatic heterocycles. The Bertz CT molecular complexity index is 112. The molecule has 0 heterocycles. The van der Waals surface area contributed by atoms with E-state index in [-0.39, 0.29) is 25.8 Å². The van der Waals surface area contributed by atoms with Crippen molar-refractivity contribution in [3.05, 3.63) is 14.7 Å². The molecular formula is H6N3O9Sc+3. The van der Waals surface area contributed by atoms with E-state index in [1.165, 1.54) is 0 Å². The molecule has 0 aliphatic rings. The van der Waals surface area contributed by atoms with Gasteiger partial charge in [-0.3, -0.25) is 0 Å². The normalized spacial score (nSPS) is 5.54. The third-order valence-corrected chi connectivity index (χ3v) is 0. The predicted molar refractivity (Wildman–Crippen MR) is 21.6 cm³/mol. The maximum atomic E-state index is 8.47. The molecule has 6 N–H and O–H groups in total. The van der Waals surface area contributed by atoms with Crippen molar-refractivity contribution in [2.45, 2.75) is 0 Å². The maximum absolute atomic E-state index is 8.47. The number of hydrogen-bond acceptors (Lipinski definition) is 3. The van der Waals surface area contributed by atoms with Crippen LogP contribution in [-0.2, 0) is 25.8 Å². The predicted octanol–water partition coefficient (Wildman–Crippen LogP) is -1.37. The van der Waals surface area contributed by atoms with Gasteiger partial charge in [0.1, 0.15) is 14.7 Å². The Morgan fingerprint density at radius 1 is 0.538 bits per heavy atom. The van der Waals surface area contributed by atoms with Crippen molar-refractivity contribution in [2.24, 2.45) is 0 Å². The van der Waals surface area contributed by atoms with Gasteiger partial charge in [-0.15, -0.1) is 0 Å². The summed E-state index contributed by atoms with van der Waals surface area (Å²) in [5.41, 5.74) is 0. The second-order valence-corrected chi connectivity index (χ2v) is 0.758. The summed E-state index contributed by atoms with van der Waals surface area (Å²) in [7, 11) is 0. The van der Waals surface area contributed by atoms with Gasteiger partial charge in [-0.2, -0.15) is 0 Å². The smallest absolute Gasteiger partial charge is 0.201 e. The molecule has 12 nitrogen and oxygen atoms in total. The maximum Gasteiger partial charge on any atom is 0.472 e. The molecule has 0 aromatic carbocycles. The third-order valence-electron chi connectivity index (χ3n) is 0. The first-order valence-electron chi connectivity index (χ1n) is 1.75. The molecule has 0 atom stereocenters. The van der Waals surface area contributed by atoms with Gasteiger partial charge in [0.25, 0.3) is 0 Å². The number of hydrogen-bond donors (Lipinski definition) is 6. The third kappa shape index (κ3) is 321. The van der Waals surface area contributed by atoms with E-state index in [9.17, 15) is 0 Å². The van der Waals surface area contributed by atoms with E-state index in [0.717, 1.165) is 0 Å². The fourth-order valence-corrected chi connectivity index (χ4v) is 0. The fraction of sp³-hybridized carbons (Fsp3) is 0. The topological polar surface area (TPSA) is 182 Å². The molecule has 0 saturated carbocycles. The second kappa shape index (κ2) is 16.8. The van der Waals surface area contributed by atoms with Crippen molar-refractivity contribution in [1.29, 1.82) is 0 Å². The first-order chi connectivity index (χ1) is 5.20.